The van der Waals surface area contributed by atoms with Crippen LogP contribution in [0, 0.1) is 5.21 Å². The first kappa shape index (κ1) is 7.57. The van der Waals surface area contributed by atoms with Gasteiger partial charge in [-0.25, -0.2) is 0 Å². The van der Waals surface area contributed by atoms with Crippen LogP contribution in [0.1, 0.15) is 0 Å². The molecule has 2 N–H and O–H groups in total. The van der Waals surface area contributed by atoms with E-state index < -0.39 is 21.8 Å². The first-order valence-corrected chi connectivity index (χ1v) is 3.81. The average Bonchev–Trinajstić information content (AvgIpc) is 1.68. The van der Waals surface area contributed by atoms with Gasteiger partial charge in [-0.15, -0.1) is 0 Å². The molecule has 0 aromatic rings. The Bertz CT molecular complexity index is 43.9. The molecule has 46 valence electrons. The van der Waals surface area contributed by atoms with E-state index >= 15 is 0 Å². The van der Waals surface area contributed by atoms with Crippen LogP contribution in [0.15, 0.2) is 0 Å². The summed E-state index contributed by atoms with van der Waals surface area (Å²) < 4.78 is 3.58. The van der Waals surface area contributed by atoms with E-state index in [-0.39, 0.29) is 0 Å². The zero-order chi connectivity index (χ0) is 5.70. The van der Waals surface area contributed by atoms with Crippen LogP contribution >= 0.6 is 0 Å². The Hall–Kier alpha value is 0.570. The van der Waals surface area contributed by atoms with Gasteiger partial charge in [0.2, 0.25) is 0 Å². The molecule has 0 saturated heterocycles. The number of nitrogens with zero attached hydrogens (tertiary/aromatic N) is 1. The maximum atomic E-state index is 10.2. The van der Waals surface area contributed by atoms with E-state index in [0.29, 0.717) is 0 Å². The molecule has 0 spiro atoms. The molecule has 0 aromatic carbocycles. The topological polar surface area (TPSA) is 50.4 Å². The van der Waals surface area contributed by atoms with Gasteiger partial charge in [0, 0.05) is 0 Å². The van der Waals surface area contributed by atoms with Crippen LogP contribution in [0.3, 0.4) is 0 Å². The summed E-state index contributed by atoms with van der Waals surface area (Å²) in [7, 11) is 3.36. The molecule has 0 aliphatic rings. The van der Waals surface area contributed by atoms with Gasteiger partial charge in [0.15, 0.2) is 0 Å². The molecule has 0 fully saturated rings. The van der Waals surface area contributed by atoms with Gasteiger partial charge in [-0.05, 0) is 0 Å². The fraction of sp³-hybridized carbons (Fsp3) is 1.00. The van der Waals surface area contributed by atoms with Crippen molar-refractivity contribution >= 4 is 0 Å². The van der Waals surface area contributed by atoms with Gasteiger partial charge in [-0.2, -0.15) is 0 Å². The molecule has 0 radical (unpaired) electrons. The van der Waals surface area contributed by atoms with Gasteiger partial charge in [-0.1, -0.05) is 0 Å². The molecule has 0 aliphatic carbocycles. The Morgan fingerprint density at radius 3 is 2.29 bits per heavy atom. The quantitative estimate of drug-likeness (QED) is 0.288. The van der Waals surface area contributed by atoms with Crippen LogP contribution < -0.4 is 30.7 Å². The fourth-order valence-corrected chi connectivity index (χ4v) is 0.798. The van der Waals surface area contributed by atoms with Gasteiger partial charge in [0.25, 0.3) is 0 Å². The van der Waals surface area contributed by atoms with Crippen LogP contribution in [0.4, 0.5) is 0 Å². The van der Waals surface area contributed by atoms with E-state index in [2.05, 4.69) is 8.96 Å². The number of nitrogens with one attached hydrogen (secondary N) is 2. The summed E-state index contributed by atoms with van der Waals surface area (Å²) in [6, 6.07) is 0. The third-order valence-corrected chi connectivity index (χ3v) is 1.74. The van der Waals surface area contributed by atoms with Crippen molar-refractivity contribution in [1.29, 1.82) is 0 Å². The van der Waals surface area contributed by atoms with Gasteiger partial charge in [-0.3, -0.25) is 0 Å². The summed E-state index contributed by atoms with van der Waals surface area (Å²) in [5.74, 6) is 0. The van der Waals surface area contributed by atoms with Gasteiger partial charge < -0.3 is 0 Å². The van der Waals surface area contributed by atoms with Crippen molar-refractivity contribution in [3.8, 4) is 0 Å². The van der Waals surface area contributed by atoms with E-state index in [1.54, 1.807) is 14.1 Å². The van der Waals surface area contributed by atoms with Gasteiger partial charge >= 0.3 is 53.4 Å². The van der Waals surface area contributed by atoms with Crippen molar-refractivity contribution in [2.45, 2.75) is 0 Å². The van der Waals surface area contributed by atoms with Crippen molar-refractivity contribution in [3.63, 3.8) is 0 Å². The Morgan fingerprint density at radius 1 is 1.57 bits per heavy atom. The molecular formula is C2H8IN3O-2. The number of hydrazine groups is 1. The first-order valence-electron chi connectivity index (χ1n) is 1.76. The average molecular weight is 217 g/mol. The normalized spacial score (nSPS) is 10.9. The van der Waals surface area contributed by atoms with E-state index in [9.17, 15) is 5.21 Å². The Balaban J connectivity index is 2.83. The second-order valence-electron chi connectivity index (χ2n) is 0.742. The van der Waals surface area contributed by atoms with Crippen molar-refractivity contribution in [2.24, 2.45) is 0 Å². The minimum atomic E-state index is -0.518. The monoisotopic (exact) mass is 217 g/mol. The standard InChI is InChI=1S/C2H8IN3O/c1-4-3-6(7)5-2/h4-5H,1-2H3/q-2. The minimum absolute atomic E-state index is 0.518. The zero-order valence-corrected chi connectivity index (χ0v) is 6.39. The van der Waals surface area contributed by atoms with E-state index in [0.717, 1.165) is 3.39 Å². The predicted molar refractivity (Wildman–Crippen MR) is 23.3 cm³/mol. The van der Waals surface area contributed by atoms with Crippen LogP contribution in [-0.2, 0) is 0 Å². The Labute approximate surface area is 53.8 Å². The Kier molecular flexibility index (Phi) is 5.11. The molecule has 0 saturated carbocycles. The third-order valence-electron chi connectivity index (χ3n) is 0.337. The molecule has 0 bridgehead atoms. The number of halogens is 1. The molecule has 7 heavy (non-hydrogen) atoms. The summed E-state index contributed by atoms with van der Waals surface area (Å²) in [6.45, 7) is 0. The zero-order valence-electron chi connectivity index (χ0n) is 4.23. The number of hydrogen-bond donors (Lipinski definition) is 2. The first-order chi connectivity index (χ1) is 3.31. The number of rotatable bonds is 3. The Morgan fingerprint density at radius 2 is 2.14 bits per heavy atom. The van der Waals surface area contributed by atoms with Crippen molar-refractivity contribution in [3.05, 3.63) is 5.21 Å². The molecule has 5 heteroatoms. The summed E-state index contributed by atoms with van der Waals surface area (Å²) in [5, 5.41) is 10.2. The second-order valence-corrected chi connectivity index (χ2v) is 3.18. The van der Waals surface area contributed by atoms with E-state index in [1.165, 1.54) is 0 Å². The van der Waals surface area contributed by atoms with Crippen LogP contribution in [0.5, 0.6) is 0 Å². The van der Waals surface area contributed by atoms with E-state index in [1.807, 2.05) is 0 Å². The maximum absolute atomic E-state index is 10.2. The van der Waals surface area contributed by atoms with Crippen LogP contribution in [0.2, 0.25) is 0 Å². The summed E-state index contributed by atoms with van der Waals surface area (Å²) in [5.41, 5.74) is 2.43. The molecule has 4 nitrogen and oxygen atoms in total. The molecule has 0 aromatic heterocycles. The van der Waals surface area contributed by atoms with Crippen LogP contribution in [0.25, 0.3) is 0 Å². The molecule has 0 amide bonds. The van der Waals surface area contributed by atoms with Crippen molar-refractivity contribution in [2.75, 3.05) is 14.1 Å². The van der Waals surface area contributed by atoms with Crippen molar-refractivity contribution in [1.82, 2.24) is 12.3 Å². The summed E-state index contributed by atoms with van der Waals surface area (Å²) in [6.07, 6.45) is 0. The molecule has 0 unspecified atom stereocenters. The van der Waals surface area contributed by atoms with Gasteiger partial charge in [0.1, 0.15) is 0 Å². The molecule has 0 rings (SSSR count). The molecule has 0 atom stereocenters. The van der Waals surface area contributed by atoms with Crippen LogP contribution in [-0.4, -0.2) is 17.5 Å². The molecule has 0 heterocycles. The molecule has 0 aliphatic heterocycles. The SMILES string of the molecule is CN[I-]N([O-])NC. The number of hydrogen-bond acceptors (Lipinski definition) is 4. The predicted octanol–water partition coefficient (Wildman–Crippen LogP) is -3.94. The van der Waals surface area contributed by atoms with Gasteiger partial charge in [0.05, 0.1) is 0 Å². The third kappa shape index (κ3) is 4.42. The summed E-state index contributed by atoms with van der Waals surface area (Å²) in [4.78, 5) is 0. The molecular weight excluding hydrogens is 209 g/mol. The van der Waals surface area contributed by atoms with Crippen molar-refractivity contribution < 1.29 is 21.8 Å². The fourth-order valence-electron chi connectivity index (χ4n) is 0.119. The van der Waals surface area contributed by atoms with E-state index in [4.69, 9.17) is 0 Å². The summed E-state index contributed by atoms with van der Waals surface area (Å²) >= 11 is -0.518. The second kappa shape index (κ2) is 4.72.